The smallest absolute Gasteiger partial charge is 0.307 e. The number of rotatable bonds is 3. The Labute approximate surface area is 148 Å². The fourth-order valence-corrected chi connectivity index (χ4v) is 3.32. The molecule has 3 rings (SSSR count). The summed E-state index contributed by atoms with van der Waals surface area (Å²) in [5.41, 5.74) is 0.781. The highest BCUT2D eigenvalue weighted by Crippen LogP contribution is 2.33. The highest BCUT2D eigenvalue weighted by molar-refractivity contribution is 7.12. The van der Waals surface area contributed by atoms with Gasteiger partial charge >= 0.3 is 5.97 Å². The molecule has 0 aliphatic carbocycles. The largest absolute Gasteiger partial charge is 0.505 e. The van der Waals surface area contributed by atoms with Crippen molar-refractivity contribution in [2.75, 3.05) is 0 Å². The lowest BCUT2D eigenvalue weighted by molar-refractivity contribution is -0.136. The summed E-state index contributed by atoms with van der Waals surface area (Å²) in [6.07, 6.45) is -0.437. The molecule has 0 aliphatic heterocycles. The minimum Gasteiger partial charge on any atom is -0.505 e. The molecule has 0 saturated carbocycles. The first-order valence-electron chi connectivity index (χ1n) is 7.73. The lowest BCUT2D eigenvalue weighted by Crippen LogP contribution is -2.12. The quantitative estimate of drug-likeness (QED) is 0.731. The van der Waals surface area contributed by atoms with Gasteiger partial charge < -0.3 is 10.2 Å². The third kappa shape index (κ3) is 3.28. The van der Waals surface area contributed by atoms with Gasteiger partial charge in [-0.05, 0) is 36.1 Å². The third-order valence-corrected chi connectivity index (χ3v) is 4.54. The van der Waals surface area contributed by atoms with Gasteiger partial charge in [0.25, 0.3) is 5.91 Å². The average Bonchev–Trinajstić information content (AvgIpc) is 3.20. The average molecular weight is 363 g/mol. The third-order valence-electron chi connectivity index (χ3n) is 3.68. The van der Waals surface area contributed by atoms with Gasteiger partial charge in [0.1, 0.15) is 0 Å². The number of carboxylic acid groups (broad SMARTS) is 1. The number of phenolic OH excluding ortho intramolecular Hbond substituents is 1. The van der Waals surface area contributed by atoms with Gasteiger partial charge in [-0.3, -0.25) is 14.2 Å². The van der Waals surface area contributed by atoms with Crippen molar-refractivity contribution in [1.82, 2.24) is 4.57 Å². The first-order valence-corrected chi connectivity index (χ1v) is 8.61. The molecule has 1 aromatic carbocycles. The minimum absolute atomic E-state index is 0.0326. The lowest BCUT2D eigenvalue weighted by atomic mass is 10.1. The van der Waals surface area contributed by atoms with Crippen molar-refractivity contribution in [1.29, 1.82) is 0 Å². The zero-order chi connectivity index (χ0) is 18.7. The fourth-order valence-electron chi connectivity index (χ4n) is 2.66. The predicted molar refractivity (Wildman–Crippen MR) is 95.0 cm³/mol. The van der Waals surface area contributed by atoms with Crippen molar-refractivity contribution in [2.45, 2.75) is 27.2 Å². The highest BCUT2D eigenvalue weighted by atomic mass is 32.1. The Kier molecular flexibility index (Phi) is 5.58. The van der Waals surface area contributed by atoms with Crippen LogP contribution in [0.2, 0.25) is 0 Å². The fraction of sp³-hybridized carbons (Fsp3) is 0.222. The van der Waals surface area contributed by atoms with Crippen LogP contribution < -0.4 is 0 Å². The molecular weight excluding hydrogens is 345 g/mol. The number of carbonyl (C=O) groups is 2. The van der Waals surface area contributed by atoms with Crippen molar-refractivity contribution in [2.24, 2.45) is 0 Å². The van der Waals surface area contributed by atoms with E-state index in [2.05, 4.69) is 0 Å². The molecule has 25 heavy (non-hydrogen) atoms. The van der Waals surface area contributed by atoms with Crippen LogP contribution in [0.1, 0.15) is 34.8 Å². The van der Waals surface area contributed by atoms with E-state index in [1.807, 2.05) is 13.8 Å². The number of thiophene rings is 1. The number of nitrogens with zero attached hydrogens (tertiary/aromatic N) is 1. The van der Waals surface area contributed by atoms with Gasteiger partial charge in [0, 0.05) is 11.1 Å². The number of aliphatic carboxylic acids is 1. The van der Waals surface area contributed by atoms with Crippen LogP contribution in [0.3, 0.4) is 0 Å². The maximum Gasteiger partial charge on any atom is 0.307 e. The van der Waals surface area contributed by atoms with Gasteiger partial charge in [-0.25, -0.2) is 4.39 Å². The predicted octanol–water partition coefficient (Wildman–Crippen LogP) is 4.20. The zero-order valence-corrected chi connectivity index (χ0v) is 14.9. The molecule has 5 nitrogen and oxygen atoms in total. The summed E-state index contributed by atoms with van der Waals surface area (Å²) in [5.74, 6) is -2.99. The van der Waals surface area contributed by atoms with Crippen molar-refractivity contribution in [3.63, 3.8) is 0 Å². The molecule has 0 bridgehead atoms. The number of benzene rings is 1. The molecule has 0 aliphatic rings. The summed E-state index contributed by atoms with van der Waals surface area (Å²) in [6.45, 7) is 5.57. The van der Waals surface area contributed by atoms with Gasteiger partial charge in [0.05, 0.1) is 16.8 Å². The van der Waals surface area contributed by atoms with Crippen LogP contribution in [0.25, 0.3) is 10.9 Å². The second-order valence-electron chi connectivity index (χ2n) is 5.05. The number of aromatic hydroxyl groups is 1. The van der Waals surface area contributed by atoms with E-state index >= 15 is 0 Å². The summed E-state index contributed by atoms with van der Waals surface area (Å²) in [5, 5.41) is 20.4. The van der Waals surface area contributed by atoms with E-state index in [4.69, 9.17) is 5.11 Å². The van der Waals surface area contributed by atoms with Crippen LogP contribution in [-0.2, 0) is 11.2 Å². The lowest BCUT2D eigenvalue weighted by Gasteiger charge is -2.05. The molecule has 0 amide bonds. The Morgan fingerprint density at radius 3 is 2.48 bits per heavy atom. The molecule has 7 heteroatoms. The number of hydrogen-bond acceptors (Lipinski definition) is 4. The van der Waals surface area contributed by atoms with Crippen molar-refractivity contribution < 1.29 is 24.2 Å². The molecule has 0 fully saturated rings. The molecule has 0 saturated heterocycles. The molecule has 0 radical (unpaired) electrons. The summed E-state index contributed by atoms with van der Waals surface area (Å²) in [4.78, 5) is 24.2. The molecular formula is C18H18FNO4S. The Hall–Kier alpha value is -2.67. The Morgan fingerprint density at radius 2 is 1.92 bits per heavy atom. The van der Waals surface area contributed by atoms with E-state index < -0.39 is 24.0 Å². The van der Waals surface area contributed by atoms with Crippen LogP contribution in [0, 0.1) is 12.7 Å². The van der Waals surface area contributed by atoms with E-state index in [1.54, 1.807) is 24.4 Å². The number of phenols is 1. The van der Waals surface area contributed by atoms with E-state index in [-0.39, 0.29) is 22.4 Å². The van der Waals surface area contributed by atoms with E-state index in [9.17, 15) is 19.1 Å². The molecule has 0 spiro atoms. The molecule has 3 aromatic rings. The van der Waals surface area contributed by atoms with Gasteiger partial charge in [-0.1, -0.05) is 19.9 Å². The second-order valence-corrected chi connectivity index (χ2v) is 5.99. The first-order chi connectivity index (χ1) is 11.9. The van der Waals surface area contributed by atoms with E-state index in [0.717, 1.165) is 6.07 Å². The number of fused-ring (bicyclic) bond motifs is 1. The normalized spacial score (nSPS) is 10.4. The summed E-state index contributed by atoms with van der Waals surface area (Å²) < 4.78 is 15.6. The zero-order valence-electron chi connectivity index (χ0n) is 14.0. The number of carboxylic acids is 1. The molecule has 0 atom stereocenters. The second kappa shape index (κ2) is 7.48. The van der Waals surface area contributed by atoms with Gasteiger partial charge in [-0.15, -0.1) is 11.3 Å². The first kappa shape index (κ1) is 18.7. The standard InChI is InChI=1S/C16H12FNO4S.C2H6/c1-8-9(7-13(20)21)14-10(4-5-11(19)15(14)17)18(8)16(22)12-3-2-6-23-12;1-2/h2-6,19H,7H2,1H3,(H,20,21);1-2H3. The molecule has 2 N–H and O–H groups in total. The van der Waals surface area contributed by atoms with Gasteiger partial charge in [-0.2, -0.15) is 0 Å². The number of carbonyl (C=O) groups excluding carboxylic acids is 1. The Bertz CT molecular complexity index is 929. The SMILES string of the molecule is CC.Cc1c(CC(=O)O)c2c(F)c(O)ccc2n1C(=O)c1cccs1. The molecule has 132 valence electrons. The van der Waals surface area contributed by atoms with Crippen molar-refractivity contribution in [3.05, 3.63) is 51.6 Å². The number of aromatic nitrogens is 1. The summed E-state index contributed by atoms with van der Waals surface area (Å²) in [7, 11) is 0. The monoisotopic (exact) mass is 363 g/mol. The summed E-state index contributed by atoms with van der Waals surface area (Å²) in [6, 6.07) is 5.94. The van der Waals surface area contributed by atoms with Crippen LogP contribution >= 0.6 is 11.3 Å². The number of hydrogen-bond donors (Lipinski definition) is 2. The minimum atomic E-state index is -1.14. The Morgan fingerprint density at radius 1 is 1.24 bits per heavy atom. The van der Waals surface area contributed by atoms with E-state index in [0.29, 0.717) is 10.6 Å². The maximum absolute atomic E-state index is 14.3. The van der Waals surface area contributed by atoms with Crippen molar-refractivity contribution in [3.8, 4) is 5.75 Å². The van der Waals surface area contributed by atoms with Crippen LogP contribution in [-0.4, -0.2) is 26.7 Å². The van der Waals surface area contributed by atoms with E-state index in [1.165, 1.54) is 22.0 Å². The molecule has 2 aromatic heterocycles. The number of halogens is 1. The Balaban J connectivity index is 0.00000109. The molecule has 0 unspecified atom stereocenters. The van der Waals surface area contributed by atoms with Gasteiger partial charge in [0.15, 0.2) is 11.6 Å². The van der Waals surface area contributed by atoms with Crippen LogP contribution in [0.4, 0.5) is 4.39 Å². The maximum atomic E-state index is 14.3. The van der Waals surface area contributed by atoms with Crippen LogP contribution in [0.15, 0.2) is 29.6 Å². The highest BCUT2D eigenvalue weighted by Gasteiger charge is 2.25. The topological polar surface area (TPSA) is 79.5 Å². The van der Waals surface area contributed by atoms with Crippen LogP contribution in [0.5, 0.6) is 5.75 Å². The molecule has 2 heterocycles. The van der Waals surface area contributed by atoms with Gasteiger partial charge in [0.2, 0.25) is 0 Å². The summed E-state index contributed by atoms with van der Waals surface area (Å²) >= 11 is 1.24. The van der Waals surface area contributed by atoms with Crippen molar-refractivity contribution >= 4 is 34.1 Å².